The molecule has 0 aliphatic heterocycles. The number of rotatable bonds is 3. The first-order valence-electron chi connectivity index (χ1n) is 7.06. The normalized spacial score (nSPS) is 40.3. The molecule has 0 heterocycles. The maximum absolute atomic E-state index is 12.4. The van der Waals surface area contributed by atoms with Crippen LogP contribution < -0.4 is 5.43 Å². The summed E-state index contributed by atoms with van der Waals surface area (Å²) in [5.41, 5.74) is 2.15. The highest BCUT2D eigenvalue weighted by Crippen LogP contribution is 2.60. The van der Waals surface area contributed by atoms with Gasteiger partial charge in [0.2, 0.25) is 5.91 Å². The molecule has 0 aromatic carbocycles. The summed E-state index contributed by atoms with van der Waals surface area (Å²) in [7, 11) is 0. The molecule has 4 saturated carbocycles. The fourth-order valence-corrected chi connectivity index (χ4v) is 4.69. The van der Waals surface area contributed by atoms with Crippen molar-refractivity contribution in [2.45, 2.75) is 45.4 Å². The summed E-state index contributed by atoms with van der Waals surface area (Å²) in [6, 6.07) is 0. The Hall–Kier alpha value is -1.39. The predicted octanol–water partition coefficient (Wildman–Crippen LogP) is 1.78. The molecule has 0 saturated heterocycles. The zero-order chi connectivity index (χ0) is 13.6. The summed E-state index contributed by atoms with van der Waals surface area (Å²) in [6.07, 6.45) is 6.74. The third-order valence-electron chi connectivity index (χ3n) is 5.15. The van der Waals surface area contributed by atoms with Crippen LogP contribution in [0.4, 0.5) is 0 Å². The van der Waals surface area contributed by atoms with Crippen LogP contribution in [-0.4, -0.2) is 22.7 Å². The van der Waals surface area contributed by atoms with Gasteiger partial charge in [0.25, 0.3) is 0 Å². The number of aliphatic carboxylic acids is 1. The number of carboxylic acids is 1. The van der Waals surface area contributed by atoms with E-state index >= 15 is 0 Å². The Kier molecular flexibility index (Phi) is 2.87. The quantitative estimate of drug-likeness (QED) is 0.602. The molecule has 19 heavy (non-hydrogen) atoms. The number of carboxylic acid groups (broad SMARTS) is 1. The van der Waals surface area contributed by atoms with Gasteiger partial charge in [-0.3, -0.25) is 4.79 Å². The largest absolute Gasteiger partial charge is 0.477 e. The number of nitrogens with one attached hydrogen (secondary N) is 1. The van der Waals surface area contributed by atoms with E-state index in [4.69, 9.17) is 5.11 Å². The second-order valence-electron chi connectivity index (χ2n) is 6.64. The van der Waals surface area contributed by atoms with Gasteiger partial charge < -0.3 is 5.11 Å². The first-order valence-corrected chi connectivity index (χ1v) is 7.06. The van der Waals surface area contributed by atoms with E-state index in [0.717, 1.165) is 19.3 Å². The van der Waals surface area contributed by atoms with Crippen LogP contribution in [0.1, 0.15) is 45.4 Å². The number of carbonyl (C=O) groups is 2. The van der Waals surface area contributed by atoms with Crippen molar-refractivity contribution >= 4 is 17.6 Å². The smallest absolute Gasteiger partial charge is 0.351 e. The topological polar surface area (TPSA) is 78.8 Å². The van der Waals surface area contributed by atoms with Crippen molar-refractivity contribution in [1.82, 2.24) is 5.43 Å². The Balaban J connectivity index is 1.73. The average molecular weight is 264 g/mol. The van der Waals surface area contributed by atoms with Crippen LogP contribution in [0, 0.1) is 23.2 Å². The van der Waals surface area contributed by atoms with E-state index in [1.807, 2.05) is 0 Å². The molecule has 1 amide bonds. The number of hydrogen-bond donors (Lipinski definition) is 2. The molecule has 4 aliphatic rings. The Morgan fingerprint density at radius 1 is 1.11 bits per heavy atom. The molecule has 5 nitrogen and oxygen atoms in total. The number of nitrogens with zero attached hydrogens (tertiary/aromatic N) is 1. The average Bonchev–Trinajstić information content (AvgIpc) is 2.33. The minimum atomic E-state index is -1.09. The summed E-state index contributed by atoms with van der Waals surface area (Å²) in [5, 5.41) is 12.4. The van der Waals surface area contributed by atoms with Gasteiger partial charge in [-0.05, 0) is 63.2 Å². The molecule has 2 N–H and O–H groups in total. The highest BCUT2D eigenvalue weighted by Gasteiger charge is 2.54. The van der Waals surface area contributed by atoms with E-state index in [0.29, 0.717) is 17.8 Å². The third kappa shape index (κ3) is 2.15. The lowest BCUT2D eigenvalue weighted by Gasteiger charge is -2.55. The maximum Gasteiger partial charge on any atom is 0.351 e. The molecule has 0 aromatic rings. The van der Waals surface area contributed by atoms with Crippen LogP contribution in [-0.2, 0) is 9.59 Å². The fraction of sp³-hybridized carbons (Fsp3) is 0.786. The number of carbonyl (C=O) groups excluding carboxylic acids is 1. The molecule has 4 rings (SSSR count). The van der Waals surface area contributed by atoms with E-state index in [1.165, 1.54) is 26.2 Å². The zero-order valence-electron chi connectivity index (χ0n) is 11.2. The second kappa shape index (κ2) is 4.32. The maximum atomic E-state index is 12.4. The molecular weight excluding hydrogens is 244 g/mol. The summed E-state index contributed by atoms with van der Waals surface area (Å²) in [5.74, 6) is 0.933. The number of amides is 1. The molecule has 0 radical (unpaired) electrons. The molecule has 0 unspecified atom stereocenters. The van der Waals surface area contributed by atoms with E-state index in [2.05, 4.69) is 10.5 Å². The predicted molar refractivity (Wildman–Crippen MR) is 69.5 cm³/mol. The minimum absolute atomic E-state index is 0.0628. The molecule has 4 fully saturated rings. The van der Waals surface area contributed by atoms with Crippen LogP contribution in [0.5, 0.6) is 0 Å². The van der Waals surface area contributed by atoms with Crippen LogP contribution in [0.3, 0.4) is 0 Å². The summed E-state index contributed by atoms with van der Waals surface area (Å²) >= 11 is 0. The van der Waals surface area contributed by atoms with Crippen LogP contribution in [0.15, 0.2) is 5.10 Å². The highest BCUT2D eigenvalue weighted by atomic mass is 16.4. The Morgan fingerprint density at radius 2 is 1.58 bits per heavy atom. The first-order chi connectivity index (χ1) is 8.98. The molecule has 104 valence electrons. The van der Waals surface area contributed by atoms with Crippen molar-refractivity contribution in [3.05, 3.63) is 0 Å². The molecule has 4 bridgehead atoms. The Labute approximate surface area is 112 Å². The summed E-state index contributed by atoms with van der Waals surface area (Å²) in [4.78, 5) is 23.1. The zero-order valence-corrected chi connectivity index (χ0v) is 11.2. The molecular formula is C14H20N2O3. The SMILES string of the molecule is C/C(=N/NC(=O)C12CC3CC(CC(C3)C1)C2)C(=O)O. The standard InChI is InChI=1S/C14H20N2O3/c1-8(12(17)18)15-16-13(19)14-5-9-2-10(6-14)4-11(3-9)7-14/h9-11H,2-7H2,1H3,(H,16,19)(H,17,18)/b15-8-. The Bertz CT molecular complexity index is 420. The van der Waals surface area contributed by atoms with Gasteiger partial charge in [-0.2, -0.15) is 5.10 Å². The molecule has 5 heteroatoms. The van der Waals surface area contributed by atoms with Gasteiger partial charge in [0, 0.05) is 0 Å². The van der Waals surface area contributed by atoms with Crippen molar-refractivity contribution in [2.75, 3.05) is 0 Å². The van der Waals surface area contributed by atoms with Gasteiger partial charge in [-0.15, -0.1) is 0 Å². The van der Waals surface area contributed by atoms with Gasteiger partial charge in [0.05, 0.1) is 5.41 Å². The summed E-state index contributed by atoms with van der Waals surface area (Å²) < 4.78 is 0. The highest BCUT2D eigenvalue weighted by molar-refractivity contribution is 6.34. The lowest BCUT2D eigenvalue weighted by atomic mass is 9.49. The van der Waals surface area contributed by atoms with Gasteiger partial charge in [-0.25, -0.2) is 10.2 Å². The van der Waals surface area contributed by atoms with Gasteiger partial charge >= 0.3 is 5.97 Å². The number of hydrazone groups is 1. The van der Waals surface area contributed by atoms with Gasteiger partial charge in [-0.1, -0.05) is 0 Å². The van der Waals surface area contributed by atoms with Crippen molar-refractivity contribution in [1.29, 1.82) is 0 Å². The van der Waals surface area contributed by atoms with Crippen molar-refractivity contribution < 1.29 is 14.7 Å². The monoisotopic (exact) mass is 264 g/mol. The molecule has 0 aromatic heterocycles. The second-order valence-corrected chi connectivity index (χ2v) is 6.64. The third-order valence-corrected chi connectivity index (χ3v) is 5.15. The Morgan fingerprint density at radius 3 is 2.00 bits per heavy atom. The summed E-state index contributed by atoms with van der Waals surface area (Å²) in [6.45, 7) is 1.39. The minimum Gasteiger partial charge on any atom is -0.477 e. The number of hydrogen-bond acceptors (Lipinski definition) is 3. The van der Waals surface area contributed by atoms with E-state index in [9.17, 15) is 9.59 Å². The van der Waals surface area contributed by atoms with Crippen molar-refractivity contribution in [3.63, 3.8) is 0 Å². The van der Waals surface area contributed by atoms with E-state index in [-0.39, 0.29) is 17.0 Å². The van der Waals surface area contributed by atoms with Crippen LogP contribution >= 0.6 is 0 Å². The van der Waals surface area contributed by atoms with Gasteiger partial charge in [0.15, 0.2) is 0 Å². The first kappa shape index (κ1) is 12.6. The fourth-order valence-electron chi connectivity index (χ4n) is 4.69. The van der Waals surface area contributed by atoms with Crippen molar-refractivity contribution in [2.24, 2.45) is 28.3 Å². The van der Waals surface area contributed by atoms with Gasteiger partial charge in [0.1, 0.15) is 5.71 Å². The molecule has 4 aliphatic carbocycles. The van der Waals surface area contributed by atoms with E-state index < -0.39 is 5.97 Å². The molecule has 0 atom stereocenters. The lowest BCUT2D eigenvalue weighted by Crippen LogP contribution is -2.52. The molecule has 0 spiro atoms. The van der Waals surface area contributed by atoms with Crippen LogP contribution in [0.25, 0.3) is 0 Å². The van der Waals surface area contributed by atoms with Crippen molar-refractivity contribution in [3.8, 4) is 0 Å². The van der Waals surface area contributed by atoms with E-state index in [1.54, 1.807) is 0 Å². The lowest BCUT2D eigenvalue weighted by molar-refractivity contribution is -0.146. The van der Waals surface area contributed by atoms with Crippen LogP contribution in [0.2, 0.25) is 0 Å².